The number of hydrogen-bond donors (Lipinski definition) is 2. The number of nitrogens with zero attached hydrogens (tertiary/aromatic N) is 1. The minimum absolute atomic E-state index is 0. The highest BCUT2D eigenvalue weighted by Crippen LogP contribution is 2.20. The van der Waals surface area contributed by atoms with Crippen LogP contribution in [0.3, 0.4) is 0 Å². The van der Waals surface area contributed by atoms with Gasteiger partial charge in [0.15, 0.2) is 15.8 Å². The molecule has 2 N–H and O–H groups in total. The first-order valence-corrected chi connectivity index (χ1v) is 12.7. The molecule has 0 saturated heterocycles. The van der Waals surface area contributed by atoms with Crippen LogP contribution in [-0.4, -0.2) is 53.5 Å². The summed E-state index contributed by atoms with van der Waals surface area (Å²) in [5.74, 6) is 0.802. The number of hydrogen-bond acceptors (Lipinski definition) is 4. The molecule has 1 fully saturated rings. The van der Waals surface area contributed by atoms with E-state index in [1.54, 1.807) is 19.2 Å². The van der Waals surface area contributed by atoms with E-state index in [1.807, 2.05) is 12.1 Å². The van der Waals surface area contributed by atoms with Crippen LogP contribution in [0.1, 0.15) is 56.9 Å². The molecule has 0 radical (unpaired) electrons. The molecule has 1 aliphatic rings. The van der Waals surface area contributed by atoms with Gasteiger partial charge < -0.3 is 15.4 Å². The smallest absolute Gasteiger partial charge is 0.190 e. The first kappa shape index (κ1) is 27.2. The molecule has 1 saturated carbocycles. The van der Waals surface area contributed by atoms with Crippen LogP contribution in [0.4, 0.5) is 0 Å². The van der Waals surface area contributed by atoms with Crippen LogP contribution in [0, 0.1) is 0 Å². The fraction of sp³-hybridized carbons (Fsp3) is 0.682. The average molecular weight is 552 g/mol. The van der Waals surface area contributed by atoms with Crippen LogP contribution in [0.5, 0.6) is 0 Å². The number of sulfone groups is 1. The number of rotatable bonds is 11. The third kappa shape index (κ3) is 10.9. The largest absolute Gasteiger partial charge is 0.378 e. The van der Waals surface area contributed by atoms with Gasteiger partial charge in [-0.1, -0.05) is 31.4 Å². The highest BCUT2D eigenvalue weighted by molar-refractivity contribution is 14.0. The predicted octanol–water partition coefficient (Wildman–Crippen LogP) is 3.94. The van der Waals surface area contributed by atoms with Crippen LogP contribution >= 0.6 is 24.0 Å². The van der Waals surface area contributed by atoms with Crippen LogP contribution in [0.25, 0.3) is 0 Å². The van der Waals surface area contributed by atoms with E-state index in [0.29, 0.717) is 11.0 Å². The van der Waals surface area contributed by atoms with Crippen LogP contribution in [-0.2, 0) is 21.0 Å². The van der Waals surface area contributed by atoms with Gasteiger partial charge in [-0.3, -0.25) is 4.99 Å². The Labute approximate surface area is 199 Å². The van der Waals surface area contributed by atoms with Crippen molar-refractivity contribution in [3.8, 4) is 0 Å². The van der Waals surface area contributed by atoms with Gasteiger partial charge in [0.05, 0.1) is 11.0 Å². The van der Waals surface area contributed by atoms with Gasteiger partial charge in [0.25, 0.3) is 0 Å². The van der Waals surface area contributed by atoms with Gasteiger partial charge in [-0.15, -0.1) is 24.0 Å². The summed E-state index contributed by atoms with van der Waals surface area (Å²) in [5, 5.41) is 6.65. The van der Waals surface area contributed by atoms with E-state index in [-0.39, 0.29) is 24.0 Å². The minimum atomic E-state index is -3.13. The lowest BCUT2D eigenvalue weighted by molar-refractivity contribution is 0.0264. The van der Waals surface area contributed by atoms with Crippen molar-refractivity contribution in [3.05, 3.63) is 29.8 Å². The zero-order valence-electron chi connectivity index (χ0n) is 18.4. The maximum atomic E-state index is 11.5. The first-order valence-electron chi connectivity index (χ1n) is 10.8. The molecular formula is C22H38IN3O3S. The quantitative estimate of drug-likeness (QED) is 0.189. The number of benzene rings is 1. The number of guanidine groups is 1. The van der Waals surface area contributed by atoms with Gasteiger partial charge in [-0.05, 0) is 56.2 Å². The third-order valence-corrected chi connectivity index (χ3v) is 6.43. The van der Waals surface area contributed by atoms with E-state index in [1.165, 1.54) is 38.4 Å². The van der Waals surface area contributed by atoms with Gasteiger partial charge in [-0.25, -0.2) is 8.42 Å². The molecule has 2 rings (SSSR count). The van der Waals surface area contributed by atoms with E-state index in [2.05, 4.69) is 15.6 Å². The molecule has 0 spiro atoms. The molecule has 0 aromatic heterocycles. The summed E-state index contributed by atoms with van der Waals surface area (Å²) in [7, 11) is -1.36. The zero-order valence-corrected chi connectivity index (χ0v) is 21.5. The monoisotopic (exact) mass is 551 g/mol. The second-order valence-electron chi connectivity index (χ2n) is 7.78. The van der Waals surface area contributed by atoms with E-state index in [4.69, 9.17) is 4.74 Å². The summed E-state index contributed by atoms with van der Waals surface area (Å²) >= 11 is 0. The lowest BCUT2D eigenvalue weighted by atomic mass is 9.98. The number of nitrogens with one attached hydrogen (secondary N) is 2. The molecule has 30 heavy (non-hydrogen) atoms. The highest BCUT2D eigenvalue weighted by Gasteiger charge is 2.12. The summed E-state index contributed by atoms with van der Waals surface area (Å²) < 4.78 is 29.0. The fourth-order valence-electron chi connectivity index (χ4n) is 3.54. The SMILES string of the molecule is CN=C(NCCCCCOC1CCCCC1)NCCc1ccc(S(C)(=O)=O)cc1.I. The van der Waals surface area contributed by atoms with Crippen molar-refractivity contribution < 1.29 is 13.2 Å². The minimum Gasteiger partial charge on any atom is -0.378 e. The summed E-state index contributed by atoms with van der Waals surface area (Å²) in [4.78, 5) is 4.61. The highest BCUT2D eigenvalue weighted by atomic mass is 127. The number of aliphatic imine (C=N–C) groups is 1. The molecule has 8 heteroatoms. The van der Waals surface area contributed by atoms with Gasteiger partial charge in [-0.2, -0.15) is 0 Å². The van der Waals surface area contributed by atoms with Crippen molar-refractivity contribution in [2.75, 3.05) is 33.0 Å². The summed E-state index contributed by atoms with van der Waals surface area (Å²) in [6, 6.07) is 7.05. The second kappa shape index (κ2) is 15.0. The van der Waals surface area contributed by atoms with Crippen molar-refractivity contribution in [1.82, 2.24) is 10.6 Å². The van der Waals surface area contributed by atoms with Crippen molar-refractivity contribution in [1.29, 1.82) is 0 Å². The Morgan fingerprint density at radius 1 is 1.03 bits per heavy atom. The molecule has 0 aliphatic heterocycles. The van der Waals surface area contributed by atoms with Gasteiger partial charge in [0, 0.05) is 33.0 Å². The molecule has 0 amide bonds. The lowest BCUT2D eigenvalue weighted by Crippen LogP contribution is -2.38. The van der Waals surface area contributed by atoms with Gasteiger partial charge in [0.1, 0.15) is 0 Å². The first-order chi connectivity index (χ1) is 14.0. The van der Waals surface area contributed by atoms with E-state index in [0.717, 1.165) is 56.9 Å². The molecule has 0 bridgehead atoms. The van der Waals surface area contributed by atoms with E-state index >= 15 is 0 Å². The lowest BCUT2D eigenvalue weighted by Gasteiger charge is -2.21. The zero-order chi connectivity index (χ0) is 21.0. The Kier molecular flexibility index (Phi) is 13.6. The number of unbranched alkanes of at least 4 members (excludes halogenated alkanes) is 2. The Hall–Kier alpha value is -0.870. The van der Waals surface area contributed by atoms with Crippen molar-refractivity contribution >= 4 is 39.8 Å². The Bertz CT molecular complexity index is 718. The topological polar surface area (TPSA) is 79.8 Å². The molecule has 1 aromatic rings. The van der Waals surface area contributed by atoms with Crippen molar-refractivity contribution in [2.45, 2.75) is 68.8 Å². The molecule has 172 valence electrons. The van der Waals surface area contributed by atoms with Gasteiger partial charge in [0.2, 0.25) is 0 Å². The molecule has 0 atom stereocenters. The molecule has 0 heterocycles. The maximum Gasteiger partial charge on any atom is 0.190 e. The standard InChI is InChI=1S/C22H37N3O3S.HI/c1-23-22(24-16-7-4-8-18-28-20-9-5-3-6-10-20)25-17-15-19-11-13-21(14-12-19)29(2,26)27;/h11-14,20H,3-10,15-18H2,1-2H3,(H2,23,24,25);1H. The number of ether oxygens (including phenoxy) is 1. The summed E-state index contributed by atoms with van der Waals surface area (Å²) in [6.07, 6.45) is 12.4. The van der Waals surface area contributed by atoms with Crippen LogP contribution in [0.15, 0.2) is 34.2 Å². The molecule has 1 aliphatic carbocycles. The van der Waals surface area contributed by atoms with E-state index < -0.39 is 9.84 Å². The predicted molar refractivity (Wildman–Crippen MR) is 135 cm³/mol. The second-order valence-corrected chi connectivity index (χ2v) is 9.80. The van der Waals surface area contributed by atoms with E-state index in [9.17, 15) is 8.42 Å². The van der Waals surface area contributed by atoms with Crippen LogP contribution < -0.4 is 10.6 Å². The van der Waals surface area contributed by atoms with Crippen LogP contribution in [0.2, 0.25) is 0 Å². The molecule has 6 nitrogen and oxygen atoms in total. The maximum absolute atomic E-state index is 11.5. The summed E-state index contributed by atoms with van der Waals surface area (Å²) in [6.45, 7) is 2.52. The fourth-order valence-corrected chi connectivity index (χ4v) is 4.17. The third-order valence-electron chi connectivity index (χ3n) is 5.30. The van der Waals surface area contributed by atoms with Crippen molar-refractivity contribution in [2.24, 2.45) is 4.99 Å². The Morgan fingerprint density at radius 2 is 1.70 bits per heavy atom. The Morgan fingerprint density at radius 3 is 2.33 bits per heavy atom. The Balaban J connectivity index is 0.00000450. The normalized spacial score (nSPS) is 15.5. The molecular weight excluding hydrogens is 513 g/mol. The molecule has 1 aromatic carbocycles. The molecule has 0 unspecified atom stereocenters. The average Bonchev–Trinajstić information content (AvgIpc) is 2.72. The van der Waals surface area contributed by atoms with Crippen molar-refractivity contribution in [3.63, 3.8) is 0 Å². The van der Waals surface area contributed by atoms with Gasteiger partial charge >= 0.3 is 0 Å². The number of halogens is 1. The summed E-state index contributed by atoms with van der Waals surface area (Å²) in [5.41, 5.74) is 1.10.